The van der Waals surface area contributed by atoms with Gasteiger partial charge in [-0.3, -0.25) is 14.6 Å². The topological polar surface area (TPSA) is 78.1 Å². The lowest BCUT2D eigenvalue weighted by atomic mass is 9.91. The highest BCUT2D eigenvalue weighted by molar-refractivity contribution is 5.97. The third-order valence-electron chi connectivity index (χ3n) is 6.39. The highest BCUT2D eigenvalue weighted by Gasteiger charge is 2.24. The van der Waals surface area contributed by atoms with Crippen molar-refractivity contribution in [2.24, 2.45) is 5.92 Å². The van der Waals surface area contributed by atoms with Crippen LogP contribution in [0.4, 0.5) is 4.39 Å². The van der Waals surface area contributed by atoms with Gasteiger partial charge >= 0.3 is 0 Å². The molecule has 7 heteroatoms. The first-order valence-electron chi connectivity index (χ1n) is 11.3. The van der Waals surface area contributed by atoms with E-state index in [1.807, 2.05) is 17.0 Å². The Morgan fingerprint density at radius 2 is 2.03 bits per heavy atom. The maximum atomic E-state index is 13.8. The summed E-state index contributed by atoms with van der Waals surface area (Å²) in [5, 5.41) is 3.90. The van der Waals surface area contributed by atoms with Crippen LogP contribution in [0.2, 0.25) is 0 Å². The van der Waals surface area contributed by atoms with Gasteiger partial charge < -0.3 is 15.2 Å². The van der Waals surface area contributed by atoms with Gasteiger partial charge in [0.15, 0.2) is 0 Å². The van der Waals surface area contributed by atoms with Gasteiger partial charge in [0.2, 0.25) is 0 Å². The molecule has 2 N–H and O–H groups in total. The first-order valence-corrected chi connectivity index (χ1v) is 11.3. The number of H-pyrrole nitrogens is 1. The fourth-order valence-corrected chi connectivity index (χ4v) is 4.38. The van der Waals surface area contributed by atoms with E-state index in [-0.39, 0.29) is 17.6 Å². The van der Waals surface area contributed by atoms with E-state index in [0.717, 1.165) is 43.0 Å². The number of amides is 2. The normalized spacial score (nSPS) is 14.6. The standard InChI is InChI=1S/C25H29FN4O2/c1-17-20(6-4-7-21(17)26)25(32)30-13-9-18(10-14-30)5-2-3-11-28-24(31)23-15-19-16-27-12-8-22(19)29-23/h4,6-8,12,15-16,18,29H,2-3,5,9-11,13-14H2,1H3,(H,28,31). The smallest absolute Gasteiger partial charge is 0.267 e. The number of rotatable bonds is 7. The number of halogens is 1. The second-order valence-corrected chi connectivity index (χ2v) is 8.55. The van der Waals surface area contributed by atoms with E-state index in [9.17, 15) is 14.0 Å². The molecular formula is C25H29FN4O2. The molecular weight excluding hydrogens is 407 g/mol. The Morgan fingerprint density at radius 1 is 1.22 bits per heavy atom. The maximum Gasteiger partial charge on any atom is 0.267 e. The molecule has 0 saturated carbocycles. The molecule has 3 aromatic rings. The van der Waals surface area contributed by atoms with Gasteiger partial charge in [0, 0.05) is 48.5 Å². The lowest BCUT2D eigenvalue weighted by Crippen LogP contribution is -2.38. The molecule has 0 bridgehead atoms. The number of benzene rings is 1. The molecule has 168 valence electrons. The first kappa shape index (κ1) is 22.0. The fourth-order valence-electron chi connectivity index (χ4n) is 4.38. The van der Waals surface area contributed by atoms with Crippen molar-refractivity contribution in [2.45, 2.75) is 39.0 Å². The summed E-state index contributed by atoms with van der Waals surface area (Å²) >= 11 is 0. The second-order valence-electron chi connectivity index (χ2n) is 8.55. The number of aromatic nitrogens is 2. The van der Waals surface area contributed by atoms with Crippen LogP contribution < -0.4 is 5.32 Å². The number of piperidine rings is 1. The molecule has 1 saturated heterocycles. The van der Waals surface area contributed by atoms with Gasteiger partial charge in [-0.25, -0.2) is 4.39 Å². The first-order chi connectivity index (χ1) is 15.5. The van der Waals surface area contributed by atoms with Gasteiger partial charge in [-0.1, -0.05) is 18.9 Å². The molecule has 1 aromatic carbocycles. The van der Waals surface area contributed by atoms with Crippen molar-refractivity contribution < 1.29 is 14.0 Å². The molecule has 2 amide bonds. The number of carbonyl (C=O) groups excluding carboxylic acids is 2. The van der Waals surface area contributed by atoms with Crippen LogP contribution in [0.1, 0.15) is 58.5 Å². The van der Waals surface area contributed by atoms with Gasteiger partial charge in [-0.2, -0.15) is 0 Å². The van der Waals surface area contributed by atoms with E-state index < -0.39 is 0 Å². The van der Waals surface area contributed by atoms with Crippen molar-refractivity contribution in [1.29, 1.82) is 0 Å². The van der Waals surface area contributed by atoms with E-state index in [4.69, 9.17) is 0 Å². The average molecular weight is 437 g/mol. The number of unbranched alkanes of at least 4 members (excludes halogenated alkanes) is 1. The van der Waals surface area contributed by atoms with Gasteiger partial charge in [0.1, 0.15) is 11.5 Å². The van der Waals surface area contributed by atoms with E-state index in [1.165, 1.54) is 6.07 Å². The quantitative estimate of drug-likeness (QED) is 0.537. The summed E-state index contributed by atoms with van der Waals surface area (Å²) in [6.45, 7) is 3.73. The molecule has 1 aliphatic rings. The van der Waals surface area contributed by atoms with Crippen LogP contribution in [0.5, 0.6) is 0 Å². The predicted molar refractivity (Wildman–Crippen MR) is 122 cm³/mol. The lowest BCUT2D eigenvalue weighted by Gasteiger charge is -2.32. The monoisotopic (exact) mass is 436 g/mol. The number of pyridine rings is 1. The summed E-state index contributed by atoms with van der Waals surface area (Å²) in [6.07, 6.45) is 8.43. The number of nitrogens with zero attached hydrogens (tertiary/aromatic N) is 2. The molecule has 0 atom stereocenters. The van der Waals surface area contributed by atoms with Crippen molar-refractivity contribution in [2.75, 3.05) is 19.6 Å². The number of nitrogens with one attached hydrogen (secondary N) is 2. The van der Waals surface area contributed by atoms with E-state index in [0.29, 0.717) is 42.4 Å². The number of hydrogen-bond acceptors (Lipinski definition) is 3. The molecule has 4 rings (SSSR count). The predicted octanol–water partition coefficient (Wildman–Crippen LogP) is 4.46. The molecule has 32 heavy (non-hydrogen) atoms. The van der Waals surface area contributed by atoms with Crippen molar-refractivity contribution in [3.05, 3.63) is 65.4 Å². The molecule has 1 aliphatic heterocycles. The van der Waals surface area contributed by atoms with Gasteiger partial charge in [-0.15, -0.1) is 0 Å². The maximum absolute atomic E-state index is 13.8. The number of fused-ring (bicyclic) bond motifs is 1. The summed E-state index contributed by atoms with van der Waals surface area (Å²) in [6, 6.07) is 8.35. The summed E-state index contributed by atoms with van der Waals surface area (Å²) in [7, 11) is 0. The number of carbonyl (C=O) groups is 2. The third kappa shape index (κ3) is 4.98. The highest BCUT2D eigenvalue weighted by Crippen LogP contribution is 2.24. The molecule has 0 unspecified atom stereocenters. The minimum atomic E-state index is -0.334. The van der Waals surface area contributed by atoms with Crippen LogP contribution in [0.15, 0.2) is 42.7 Å². The van der Waals surface area contributed by atoms with Crippen molar-refractivity contribution >= 4 is 22.7 Å². The Morgan fingerprint density at radius 3 is 2.81 bits per heavy atom. The van der Waals surface area contributed by atoms with E-state index in [1.54, 1.807) is 31.5 Å². The van der Waals surface area contributed by atoms with Crippen molar-refractivity contribution in [1.82, 2.24) is 20.2 Å². The zero-order chi connectivity index (χ0) is 22.5. The Balaban J connectivity index is 1.15. The molecule has 6 nitrogen and oxygen atoms in total. The minimum absolute atomic E-state index is 0.0732. The van der Waals surface area contributed by atoms with Gasteiger partial charge in [0.25, 0.3) is 11.8 Å². The average Bonchev–Trinajstić information content (AvgIpc) is 3.25. The second kappa shape index (κ2) is 9.94. The SMILES string of the molecule is Cc1c(F)cccc1C(=O)N1CCC(CCCCNC(=O)c2cc3cnccc3[nH]2)CC1. The number of likely N-dealkylation sites (tertiary alicyclic amines) is 1. The zero-order valence-corrected chi connectivity index (χ0v) is 18.4. The number of hydrogen-bond donors (Lipinski definition) is 2. The van der Waals surface area contributed by atoms with Crippen LogP contribution in [0, 0.1) is 18.7 Å². The highest BCUT2D eigenvalue weighted by atomic mass is 19.1. The van der Waals surface area contributed by atoms with Crippen LogP contribution in [0.25, 0.3) is 10.9 Å². The third-order valence-corrected chi connectivity index (χ3v) is 6.39. The summed E-state index contributed by atoms with van der Waals surface area (Å²) in [4.78, 5) is 34.1. The van der Waals surface area contributed by atoms with Crippen molar-refractivity contribution in [3.63, 3.8) is 0 Å². The van der Waals surface area contributed by atoms with Gasteiger partial charge in [-0.05, 0) is 61.9 Å². The largest absolute Gasteiger partial charge is 0.351 e. The van der Waals surface area contributed by atoms with E-state index >= 15 is 0 Å². The minimum Gasteiger partial charge on any atom is -0.351 e. The molecule has 0 aliphatic carbocycles. The van der Waals surface area contributed by atoms with Gasteiger partial charge in [0.05, 0.1) is 0 Å². The van der Waals surface area contributed by atoms with E-state index in [2.05, 4.69) is 15.3 Å². The molecule has 3 heterocycles. The molecule has 0 spiro atoms. The Hall–Kier alpha value is -3.22. The summed E-state index contributed by atoms with van der Waals surface area (Å²) in [5.74, 6) is 0.0838. The summed E-state index contributed by atoms with van der Waals surface area (Å²) < 4.78 is 13.8. The van der Waals surface area contributed by atoms with Crippen LogP contribution in [0.3, 0.4) is 0 Å². The Bertz CT molecular complexity index is 1070. The van der Waals surface area contributed by atoms with Crippen LogP contribution in [-0.4, -0.2) is 46.3 Å². The zero-order valence-electron chi connectivity index (χ0n) is 18.4. The molecule has 0 radical (unpaired) electrons. The Kier molecular flexibility index (Phi) is 6.83. The Labute approximate surface area is 187 Å². The summed E-state index contributed by atoms with van der Waals surface area (Å²) in [5.41, 5.74) is 2.34. The van der Waals surface area contributed by atoms with Crippen molar-refractivity contribution in [3.8, 4) is 0 Å². The molecule has 1 fully saturated rings. The van der Waals surface area contributed by atoms with Crippen LogP contribution >= 0.6 is 0 Å². The molecule has 2 aromatic heterocycles. The van der Waals surface area contributed by atoms with Crippen LogP contribution in [-0.2, 0) is 0 Å². The fraction of sp³-hybridized carbons (Fsp3) is 0.400. The number of aromatic amines is 1. The lowest BCUT2D eigenvalue weighted by molar-refractivity contribution is 0.0684.